The highest BCUT2D eigenvalue weighted by molar-refractivity contribution is 5.71. The van der Waals surface area contributed by atoms with Crippen LogP contribution < -0.4 is 0 Å². The summed E-state index contributed by atoms with van der Waals surface area (Å²) in [5.74, 6) is 1.19. The third-order valence-corrected chi connectivity index (χ3v) is 2.95. The summed E-state index contributed by atoms with van der Waals surface area (Å²) < 4.78 is 16.1. The number of carbonyl (C=O) groups excluding carboxylic acids is 1. The summed E-state index contributed by atoms with van der Waals surface area (Å²) in [5, 5.41) is 0. The van der Waals surface area contributed by atoms with Gasteiger partial charge in [0.05, 0.1) is 19.8 Å². The van der Waals surface area contributed by atoms with Crippen LogP contribution in [0.4, 0.5) is 0 Å². The van der Waals surface area contributed by atoms with Crippen molar-refractivity contribution in [2.24, 2.45) is 0 Å². The molecule has 1 aromatic heterocycles. The van der Waals surface area contributed by atoms with Crippen LogP contribution in [0.5, 0.6) is 0 Å². The fourth-order valence-corrected chi connectivity index (χ4v) is 1.94. The largest absolute Gasteiger partial charge is 0.466 e. The SMILES string of the molecule is CCOC(=O)Cc1ccc(CCOCc2ccccc2)o1. The van der Waals surface area contributed by atoms with Gasteiger partial charge in [-0.25, -0.2) is 0 Å². The maximum atomic E-state index is 11.3. The molecule has 1 heterocycles. The van der Waals surface area contributed by atoms with E-state index in [1.807, 2.05) is 42.5 Å². The summed E-state index contributed by atoms with van der Waals surface area (Å²) in [5.41, 5.74) is 1.15. The second kappa shape index (κ2) is 8.27. The van der Waals surface area contributed by atoms with E-state index >= 15 is 0 Å². The van der Waals surface area contributed by atoms with Gasteiger partial charge in [0.1, 0.15) is 17.9 Å². The zero-order valence-electron chi connectivity index (χ0n) is 12.2. The number of furan rings is 1. The quantitative estimate of drug-likeness (QED) is 0.553. The Bertz CT molecular complexity index is 545. The van der Waals surface area contributed by atoms with E-state index in [2.05, 4.69) is 0 Å². The van der Waals surface area contributed by atoms with Crippen molar-refractivity contribution in [1.82, 2.24) is 0 Å². The Kier molecular flexibility index (Phi) is 6.03. The number of rotatable bonds is 8. The van der Waals surface area contributed by atoms with Crippen molar-refractivity contribution in [3.05, 3.63) is 59.5 Å². The summed E-state index contributed by atoms with van der Waals surface area (Å²) in [7, 11) is 0. The van der Waals surface area contributed by atoms with Crippen molar-refractivity contribution in [3.63, 3.8) is 0 Å². The zero-order valence-corrected chi connectivity index (χ0v) is 12.2. The van der Waals surface area contributed by atoms with E-state index in [0.29, 0.717) is 32.0 Å². The topological polar surface area (TPSA) is 48.7 Å². The Balaban J connectivity index is 1.69. The minimum absolute atomic E-state index is 0.179. The number of ether oxygens (including phenoxy) is 2. The summed E-state index contributed by atoms with van der Waals surface area (Å²) in [6.07, 6.45) is 0.869. The lowest BCUT2D eigenvalue weighted by Gasteiger charge is -2.03. The molecule has 0 saturated heterocycles. The smallest absolute Gasteiger partial charge is 0.313 e. The molecule has 0 amide bonds. The van der Waals surface area contributed by atoms with Crippen LogP contribution in [0, 0.1) is 0 Å². The number of esters is 1. The molecule has 0 N–H and O–H groups in total. The molecule has 4 nitrogen and oxygen atoms in total. The molecule has 0 aliphatic rings. The van der Waals surface area contributed by atoms with Crippen LogP contribution in [0.15, 0.2) is 46.9 Å². The van der Waals surface area contributed by atoms with Gasteiger partial charge >= 0.3 is 5.97 Å². The van der Waals surface area contributed by atoms with Gasteiger partial charge in [0.2, 0.25) is 0 Å². The fourth-order valence-electron chi connectivity index (χ4n) is 1.94. The minimum atomic E-state index is -0.265. The molecule has 1 aromatic carbocycles. The molecular formula is C17H20O4. The highest BCUT2D eigenvalue weighted by Crippen LogP contribution is 2.10. The number of benzene rings is 1. The molecular weight excluding hydrogens is 268 g/mol. The Hall–Kier alpha value is -2.07. The Labute approximate surface area is 124 Å². The van der Waals surface area contributed by atoms with Gasteiger partial charge in [0.15, 0.2) is 0 Å². The standard InChI is InChI=1S/C17H20O4/c1-2-20-17(18)12-16-9-8-15(21-16)10-11-19-13-14-6-4-3-5-7-14/h3-9H,2,10-13H2,1H3. The molecule has 0 spiro atoms. The molecule has 0 unspecified atom stereocenters. The Morgan fingerprint density at radius 2 is 1.86 bits per heavy atom. The molecule has 0 atom stereocenters. The highest BCUT2D eigenvalue weighted by atomic mass is 16.5. The van der Waals surface area contributed by atoms with Gasteiger partial charge in [0, 0.05) is 6.42 Å². The van der Waals surface area contributed by atoms with Crippen LogP contribution in [0.3, 0.4) is 0 Å². The zero-order chi connectivity index (χ0) is 14.9. The van der Waals surface area contributed by atoms with Crippen molar-refractivity contribution in [2.45, 2.75) is 26.4 Å². The van der Waals surface area contributed by atoms with Crippen LogP contribution in [0.25, 0.3) is 0 Å². The van der Waals surface area contributed by atoms with Gasteiger partial charge < -0.3 is 13.9 Å². The molecule has 0 saturated carbocycles. The first kappa shape index (κ1) is 15.3. The second-order valence-corrected chi connectivity index (χ2v) is 4.64. The van der Waals surface area contributed by atoms with Crippen LogP contribution in [0.1, 0.15) is 24.0 Å². The number of hydrogen-bond donors (Lipinski definition) is 0. The van der Waals surface area contributed by atoms with Crippen molar-refractivity contribution >= 4 is 5.97 Å². The molecule has 21 heavy (non-hydrogen) atoms. The molecule has 0 radical (unpaired) electrons. The predicted molar refractivity (Wildman–Crippen MR) is 78.8 cm³/mol. The summed E-state index contributed by atoms with van der Waals surface area (Å²) in [6.45, 7) is 3.35. The normalized spacial score (nSPS) is 10.5. The fraction of sp³-hybridized carbons (Fsp3) is 0.353. The molecule has 4 heteroatoms. The van der Waals surface area contributed by atoms with Gasteiger partial charge in [-0.1, -0.05) is 30.3 Å². The molecule has 0 fully saturated rings. The molecule has 2 aromatic rings. The lowest BCUT2D eigenvalue weighted by Crippen LogP contribution is -2.06. The van der Waals surface area contributed by atoms with Crippen molar-refractivity contribution in [2.75, 3.05) is 13.2 Å². The lowest BCUT2D eigenvalue weighted by atomic mass is 10.2. The maximum absolute atomic E-state index is 11.3. The summed E-state index contributed by atoms with van der Waals surface area (Å²) >= 11 is 0. The third-order valence-electron chi connectivity index (χ3n) is 2.95. The van der Waals surface area contributed by atoms with E-state index in [1.54, 1.807) is 6.92 Å². The average molecular weight is 288 g/mol. The molecule has 2 rings (SSSR count). The predicted octanol–water partition coefficient (Wildman–Crippen LogP) is 3.14. The van der Waals surface area contributed by atoms with E-state index in [0.717, 1.165) is 11.3 Å². The first-order valence-corrected chi connectivity index (χ1v) is 7.13. The second-order valence-electron chi connectivity index (χ2n) is 4.64. The van der Waals surface area contributed by atoms with E-state index in [1.165, 1.54) is 0 Å². The Morgan fingerprint density at radius 3 is 2.62 bits per heavy atom. The maximum Gasteiger partial charge on any atom is 0.313 e. The van der Waals surface area contributed by atoms with E-state index < -0.39 is 0 Å². The van der Waals surface area contributed by atoms with Gasteiger partial charge in [-0.15, -0.1) is 0 Å². The van der Waals surface area contributed by atoms with Gasteiger partial charge in [-0.3, -0.25) is 4.79 Å². The van der Waals surface area contributed by atoms with E-state index in [4.69, 9.17) is 13.9 Å². The monoisotopic (exact) mass is 288 g/mol. The van der Waals surface area contributed by atoms with Crippen LogP contribution in [0.2, 0.25) is 0 Å². The minimum Gasteiger partial charge on any atom is -0.466 e. The van der Waals surface area contributed by atoms with Gasteiger partial charge in [-0.05, 0) is 24.6 Å². The van der Waals surface area contributed by atoms with Crippen LogP contribution in [-0.2, 0) is 33.7 Å². The first-order chi connectivity index (χ1) is 10.3. The molecule has 0 aliphatic carbocycles. The number of hydrogen-bond acceptors (Lipinski definition) is 4. The first-order valence-electron chi connectivity index (χ1n) is 7.13. The van der Waals surface area contributed by atoms with Gasteiger partial charge in [-0.2, -0.15) is 0 Å². The lowest BCUT2D eigenvalue weighted by molar-refractivity contribution is -0.142. The van der Waals surface area contributed by atoms with Crippen molar-refractivity contribution in [1.29, 1.82) is 0 Å². The van der Waals surface area contributed by atoms with Crippen molar-refractivity contribution < 1.29 is 18.7 Å². The molecule has 112 valence electrons. The highest BCUT2D eigenvalue weighted by Gasteiger charge is 2.08. The van der Waals surface area contributed by atoms with Gasteiger partial charge in [0.25, 0.3) is 0 Å². The third kappa shape index (κ3) is 5.44. The Morgan fingerprint density at radius 1 is 1.10 bits per heavy atom. The molecule has 0 bridgehead atoms. The van der Waals surface area contributed by atoms with E-state index in [9.17, 15) is 4.79 Å². The van der Waals surface area contributed by atoms with Crippen LogP contribution >= 0.6 is 0 Å². The molecule has 0 aliphatic heterocycles. The number of carbonyl (C=O) groups is 1. The average Bonchev–Trinajstić information content (AvgIpc) is 2.92. The summed E-state index contributed by atoms with van der Waals surface area (Å²) in [4.78, 5) is 11.3. The summed E-state index contributed by atoms with van der Waals surface area (Å²) in [6, 6.07) is 13.7. The van der Waals surface area contributed by atoms with E-state index in [-0.39, 0.29) is 12.4 Å². The van der Waals surface area contributed by atoms with Crippen molar-refractivity contribution in [3.8, 4) is 0 Å². The van der Waals surface area contributed by atoms with Crippen LogP contribution in [-0.4, -0.2) is 19.2 Å².